The van der Waals surface area contributed by atoms with E-state index in [1.165, 1.54) is 231 Å². The van der Waals surface area contributed by atoms with Crippen LogP contribution in [-0.2, 0) is 13.6 Å². The van der Waals surface area contributed by atoms with Crippen molar-refractivity contribution in [2.24, 2.45) is 0 Å². The van der Waals surface area contributed by atoms with Gasteiger partial charge in [0.15, 0.2) is 0 Å². The molecule has 3 nitrogen and oxygen atoms in total. The van der Waals surface area contributed by atoms with Crippen LogP contribution in [0.4, 0.5) is 0 Å². The first-order valence-electron chi connectivity index (χ1n) is 26.5. The molecule has 0 saturated heterocycles. The molecular weight excluding hydrogens is 728 g/mol. The van der Waals surface area contributed by atoms with Gasteiger partial charge in [0.05, 0.1) is 19.4 Å². The number of unbranched alkanes of at least 4 members (excludes halogenated alkanes) is 36. The summed E-state index contributed by atoms with van der Waals surface area (Å²) in [4.78, 5) is 0. The Bertz CT molecular complexity index is 847. The van der Waals surface area contributed by atoms with Gasteiger partial charge in [-0.1, -0.05) is 231 Å². The zero-order valence-corrected chi connectivity index (χ0v) is 40.9. The monoisotopic (exact) mass is 833 g/mol. The molecule has 4 heteroatoms. The van der Waals surface area contributed by atoms with Gasteiger partial charge in [0.1, 0.15) is 0 Å². The first-order chi connectivity index (χ1) is 28.7. The minimum Gasteiger partial charge on any atom is -0.309 e. The quantitative estimate of drug-likeness (QED) is 0.0348. The van der Waals surface area contributed by atoms with Crippen LogP contribution in [0.3, 0.4) is 0 Å². The van der Waals surface area contributed by atoms with E-state index in [1.54, 1.807) is 0 Å². The van der Waals surface area contributed by atoms with Crippen LogP contribution in [-0.4, -0.2) is 19.4 Å². The van der Waals surface area contributed by atoms with Crippen LogP contribution in [0.25, 0.3) is 0 Å². The highest BCUT2D eigenvalue weighted by Crippen LogP contribution is 2.49. The van der Waals surface area contributed by atoms with Gasteiger partial charge in [-0.05, 0) is 96.3 Å². The van der Waals surface area contributed by atoms with Crippen LogP contribution >= 0.6 is 7.60 Å². The van der Waals surface area contributed by atoms with Gasteiger partial charge in [-0.15, -0.1) is 0 Å². The van der Waals surface area contributed by atoms with Gasteiger partial charge in [-0.25, -0.2) is 0 Å². The molecule has 0 spiro atoms. The zero-order valence-electron chi connectivity index (χ0n) is 40.0. The van der Waals surface area contributed by atoms with Crippen molar-refractivity contribution in [1.29, 1.82) is 0 Å². The van der Waals surface area contributed by atoms with Crippen molar-refractivity contribution in [2.75, 3.05) is 19.4 Å². The van der Waals surface area contributed by atoms with E-state index >= 15 is 0 Å². The predicted octanol–water partition coefficient (Wildman–Crippen LogP) is 20.3. The topological polar surface area (TPSA) is 35.5 Å². The summed E-state index contributed by atoms with van der Waals surface area (Å²) < 4.78 is 26.0. The molecule has 344 valence electrons. The largest absolute Gasteiger partial charge is 0.330 e. The van der Waals surface area contributed by atoms with E-state index in [9.17, 15) is 4.57 Å². The van der Waals surface area contributed by atoms with Gasteiger partial charge in [-0.2, -0.15) is 0 Å². The molecule has 0 unspecified atom stereocenters. The third-order valence-electron chi connectivity index (χ3n) is 11.8. The van der Waals surface area contributed by atoms with Gasteiger partial charge in [0.2, 0.25) is 0 Å². The highest BCUT2D eigenvalue weighted by molar-refractivity contribution is 7.53. The molecule has 0 fully saturated rings. The molecular formula is C54H105O3P. The molecule has 0 bridgehead atoms. The van der Waals surface area contributed by atoms with E-state index in [1.807, 2.05) is 0 Å². The Morgan fingerprint density at radius 1 is 0.276 bits per heavy atom. The van der Waals surface area contributed by atoms with Crippen LogP contribution in [0.2, 0.25) is 0 Å². The maximum atomic E-state index is 13.8. The van der Waals surface area contributed by atoms with Gasteiger partial charge in [0, 0.05) is 0 Å². The van der Waals surface area contributed by atoms with E-state index in [-0.39, 0.29) is 0 Å². The van der Waals surface area contributed by atoms with Crippen molar-refractivity contribution in [3.63, 3.8) is 0 Å². The van der Waals surface area contributed by atoms with E-state index in [0.29, 0.717) is 19.4 Å². The SMILES string of the molecule is CCCCCCCCC=CCCCCCCCCOP(=O)(CCCCCCCCC=CCCCCCCCC)OCCCCCCCCC=CCCCCCCCC. The summed E-state index contributed by atoms with van der Waals surface area (Å²) in [7, 11) is -3.01. The fourth-order valence-electron chi connectivity index (χ4n) is 7.83. The second-order valence-electron chi connectivity index (χ2n) is 17.8. The fourth-order valence-corrected chi connectivity index (χ4v) is 9.58. The Hall–Kier alpha value is -0.630. The number of allylic oxidation sites excluding steroid dienone is 6. The minimum atomic E-state index is -3.01. The van der Waals surface area contributed by atoms with Crippen LogP contribution in [0, 0.1) is 0 Å². The highest BCUT2D eigenvalue weighted by Gasteiger charge is 2.23. The number of rotatable bonds is 50. The molecule has 0 aliphatic carbocycles. The van der Waals surface area contributed by atoms with Crippen molar-refractivity contribution in [3.05, 3.63) is 36.5 Å². The number of hydrogen-bond donors (Lipinski definition) is 0. The average molecular weight is 833 g/mol. The first-order valence-corrected chi connectivity index (χ1v) is 28.2. The average Bonchev–Trinajstić information content (AvgIpc) is 3.23. The molecule has 0 aromatic rings. The summed E-state index contributed by atoms with van der Waals surface area (Å²) in [5.74, 6) is 0. The smallest absolute Gasteiger partial charge is 0.309 e. The third-order valence-corrected chi connectivity index (χ3v) is 13.8. The summed E-state index contributed by atoms with van der Waals surface area (Å²) in [6, 6.07) is 0. The maximum absolute atomic E-state index is 13.8. The second kappa shape index (κ2) is 50.7. The molecule has 58 heavy (non-hydrogen) atoms. The summed E-state index contributed by atoms with van der Waals surface area (Å²) in [6.07, 6.45) is 69.3. The fraction of sp³-hybridized carbons (Fsp3) is 0.889. The summed E-state index contributed by atoms with van der Waals surface area (Å²) in [6.45, 7) is 8.03. The molecule has 0 amide bonds. The summed E-state index contributed by atoms with van der Waals surface area (Å²) >= 11 is 0. The van der Waals surface area contributed by atoms with Gasteiger partial charge >= 0.3 is 7.60 Å². The van der Waals surface area contributed by atoms with Crippen LogP contribution in [0.15, 0.2) is 36.5 Å². The highest BCUT2D eigenvalue weighted by atomic mass is 31.2. The lowest BCUT2D eigenvalue weighted by molar-refractivity contribution is 0.197. The van der Waals surface area contributed by atoms with E-state index in [0.717, 1.165) is 38.5 Å². The van der Waals surface area contributed by atoms with Crippen molar-refractivity contribution >= 4 is 7.60 Å². The Morgan fingerprint density at radius 3 is 0.741 bits per heavy atom. The molecule has 0 aliphatic rings. The lowest BCUT2D eigenvalue weighted by Gasteiger charge is -2.19. The van der Waals surface area contributed by atoms with E-state index in [4.69, 9.17) is 9.05 Å². The maximum Gasteiger partial charge on any atom is 0.330 e. The Balaban J connectivity index is 4.18. The molecule has 0 aromatic carbocycles. The standard InChI is InChI=1S/C54H105O3P/c1-4-7-10-13-16-19-22-25-28-31-34-37-40-43-46-49-52-56-58(55,54-51-48-45-42-39-36-33-30-27-24-21-18-15-12-9-6-3)57-53-50-47-44-41-38-35-32-29-26-23-20-17-14-11-8-5-2/h25-30H,4-24,31-54H2,1-3H3. The van der Waals surface area contributed by atoms with Crippen molar-refractivity contribution in [3.8, 4) is 0 Å². The molecule has 0 heterocycles. The Morgan fingerprint density at radius 2 is 0.483 bits per heavy atom. The van der Waals surface area contributed by atoms with Crippen LogP contribution in [0.5, 0.6) is 0 Å². The lowest BCUT2D eigenvalue weighted by Crippen LogP contribution is -2.04. The molecule has 0 saturated carbocycles. The molecule has 0 atom stereocenters. The predicted molar refractivity (Wildman–Crippen MR) is 263 cm³/mol. The summed E-state index contributed by atoms with van der Waals surface area (Å²) in [5.41, 5.74) is 0. The minimum absolute atomic E-state index is 0.582. The Kier molecular flexibility index (Phi) is 50.2. The number of hydrogen-bond acceptors (Lipinski definition) is 3. The third kappa shape index (κ3) is 48.0. The van der Waals surface area contributed by atoms with Crippen molar-refractivity contribution < 1.29 is 13.6 Å². The molecule has 0 rings (SSSR count). The zero-order chi connectivity index (χ0) is 42.0. The molecule has 0 N–H and O–H groups in total. The van der Waals surface area contributed by atoms with Crippen molar-refractivity contribution in [1.82, 2.24) is 0 Å². The summed E-state index contributed by atoms with van der Waals surface area (Å²) in [5, 5.41) is 0. The van der Waals surface area contributed by atoms with Gasteiger partial charge in [-0.3, -0.25) is 4.57 Å². The Labute approximate surface area is 366 Å². The second-order valence-corrected chi connectivity index (χ2v) is 20.0. The van der Waals surface area contributed by atoms with E-state index < -0.39 is 7.60 Å². The van der Waals surface area contributed by atoms with Crippen molar-refractivity contribution in [2.45, 2.75) is 290 Å². The van der Waals surface area contributed by atoms with E-state index in [2.05, 4.69) is 57.2 Å². The van der Waals surface area contributed by atoms with Crippen LogP contribution in [0.1, 0.15) is 290 Å². The van der Waals surface area contributed by atoms with Gasteiger partial charge < -0.3 is 9.05 Å². The van der Waals surface area contributed by atoms with Crippen LogP contribution < -0.4 is 0 Å². The molecule has 0 radical (unpaired) electrons. The molecule has 0 aromatic heterocycles. The normalized spacial score (nSPS) is 13.2. The lowest BCUT2D eigenvalue weighted by atomic mass is 10.1. The first kappa shape index (κ1) is 57.4. The molecule has 0 aliphatic heterocycles. The van der Waals surface area contributed by atoms with Gasteiger partial charge in [0.25, 0.3) is 0 Å².